The van der Waals surface area contributed by atoms with Crippen LogP contribution in [0.2, 0.25) is 5.02 Å². The maximum atomic E-state index is 14.5. The van der Waals surface area contributed by atoms with Crippen LogP contribution in [0.4, 0.5) is 15.8 Å². The summed E-state index contributed by atoms with van der Waals surface area (Å²) in [5.41, 5.74) is 2.10. The fourth-order valence-corrected chi connectivity index (χ4v) is 8.76. The van der Waals surface area contributed by atoms with Gasteiger partial charge >= 0.3 is 0 Å². The van der Waals surface area contributed by atoms with Crippen LogP contribution in [-0.2, 0) is 19.2 Å². The van der Waals surface area contributed by atoms with Crippen molar-refractivity contribution in [1.29, 1.82) is 0 Å². The molecule has 12 heteroatoms. The normalized spacial score (nSPS) is 30.3. The van der Waals surface area contributed by atoms with Gasteiger partial charge in [-0.25, -0.2) is 14.2 Å². The van der Waals surface area contributed by atoms with E-state index in [-0.39, 0.29) is 30.0 Å². The number of carbonyl (C=O) groups is 4. The molecule has 0 bridgehead atoms. The Bertz CT molecular complexity index is 1900. The van der Waals surface area contributed by atoms with Crippen LogP contribution >= 0.6 is 34.8 Å². The molecule has 3 fully saturated rings. The number of aromatic hydroxyl groups is 1. The van der Waals surface area contributed by atoms with Crippen LogP contribution in [0.1, 0.15) is 29.9 Å². The van der Waals surface area contributed by atoms with Crippen LogP contribution in [0.3, 0.4) is 0 Å². The minimum absolute atomic E-state index is 0.0756. The quantitative estimate of drug-likeness (QED) is 0.198. The Morgan fingerprint density at radius 3 is 2.26 bits per heavy atom. The molecule has 0 unspecified atom stereocenters. The highest BCUT2D eigenvalue weighted by molar-refractivity contribution is 6.58. The van der Waals surface area contributed by atoms with Crippen LogP contribution in [-0.4, -0.2) is 45.6 Å². The Morgan fingerprint density at radius 2 is 1.59 bits per heavy atom. The second kappa shape index (κ2) is 10.6. The van der Waals surface area contributed by atoms with Gasteiger partial charge in [0.15, 0.2) is 9.75 Å². The minimum Gasteiger partial charge on any atom is -0.508 e. The Balaban J connectivity index is 1.41. The summed E-state index contributed by atoms with van der Waals surface area (Å²) in [7, 11) is 1.38. The summed E-state index contributed by atoms with van der Waals surface area (Å²) < 4.78 is 19.5. The summed E-state index contributed by atoms with van der Waals surface area (Å²) in [6, 6.07) is 14.0. The van der Waals surface area contributed by atoms with E-state index in [1.165, 1.54) is 37.4 Å². The number of phenols is 1. The molecule has 2 saturated heterocycles. The molecule has 2 aliphatic carbocycles. The molecule has 2 heterocycles. The zero-order chi connectivity index (χ0) is 32.9. The average molecular weight is 684 g/mol. The van der Waals surface area contributed by atoms with Crippen LogP contribution in [0.5, 0.6) is 11.5 Å². The van der Waals surface area contributed by atoms with E-state index < -0.39 is 62.9 Å². The van der Waals surface area contributed by atoms with Crippen molar-refractivity contribution in [2.24, 2.45) is 17.8 Å². The van der Waals surface area contributed by atoms with E-state index in [1.807, 2.05) is 6.92 Å². The highest BCUT2D eigenvalue weighted by Gasteiger charge is 2.77. The number of ether oxygens (including phenoxy) is 1. The Hall–Kier alpha value is -3.92. The molecular weight excluding hydrogens is 658 g/mol. The zero-order valence-corrected chi connectivity index (χ0v) is 26.7. The van der Waals surface area contributed by atoms with Gasteiger partial charge in [-0.3, -0.25) is 19.2 Å². The van der Waals surface area contributed by atoms with E-state index >= 15 is 0 Å². The number of anilines is 2. The highest BCUT2D eigenvalue weighted by Crippen LogP contribution is 2.66. The molecule has 3 aromatic rings. The zero-order valence-electron chi connectivity index (χ0n) is 24.5. The van der Waals surface area contributed by atoms with Crippen molar-refractivity contribution in [3.05, 3.63) is 94.3 Å². The van der Waals surface area contributed by atoms with Gasteiger partial charge in [-0.2, -0.15) is 0 Å². The maximum Gasteiger partial charge on any atom is 0.258 e. The number of imide groups is 2. The first-order valence-corrected chi connectivity index (χ1v) is 15.7. The lowest BCUT2D eigenvalue weighted by atomic mass is 9.56. The van der Waals surface area contributed by atoms with Gasteiger partial charge in [0.2, 0.25) is 11.8 Å². The number of methoxy groups -OCH3 is 1. The molecule has 7 rings (SSSR count). The number of halogens is 4. The third-order valence-electron chi connectivity index (χ3n) is 9.84. The van der Waals surface area contributed by atoms with Crippen molar-refractivity contribution >= 4 is 69.8 Å². The number of hydrogen-bond donors (Lipinski definition) is 1. The molecule has 46 heavy (non-hydrogen) atoms. The van der Waals surface area contributed by atoms with E-state index in [9.17, 15) is 28.7 Å². The maximum absolute atomic E-state index is 14.5. The van der Waals surface area contributed by atoms with E-state index in [1.54, 1.807) is 24.3 Å². The second-order valence-corrected chi connectivity index (χ2v) is 13.8. The topological polar surface area (TPSA) is 104 Å². The third kappa shape index (κ3) is 4.04. The molecule has 1 N–H and O–H groups in total. The summed E-state index contributed by atoms with van der Waals surface area (Å²) in [5.74, 6) is -6.61. The number of aryl methyl sites for hydroxylation is 1. The molecule has 8 nitrogen and oxygen atoms in total. The number of fused-ring (bicyclic) bond motifs is 4. The van der Waals surface area contributed by atoms with E-state index in [4.69, 9.17) is 39.5 Å². The van der Waals surface area contributed by atoms with Crippen molar-refractivity contribution < 1.29 is 33.4 Å². The fourth-order valence-electron chi connectivity index (χ4n) is 7.66. The lowest BCUT2D eigenvalue weighted by Crippen LogP contribution is -2.60. The minimum atomic E-state index is -2.13. The first-order chi connectivity index (χ1) is 21.8. The van der Waals surface area contributed by atoms with Gasteiger partial charge in [-0.05, 0) is 73.7 Å². The van der Waals surface area contributed by atoms with E-state index in [2.05, 4.69) is 0 Å². The van der Waals surface area contributed by atoms with Gasteiger partial charge in [-0.1, -0.05) is 35.4 Å². The van der Waals surface area contributed by atoms with Gasteiger partial charge in [0, 0.05) is 22.6 Å². The van der Waals surface area contributed by atoms with Crippen molar-refractivity contribution in [3.8, 4) is 11.5 Å². The Kier molecular flexibility index (Phi) is 7.05. The third-order valence-corrected chi connectivity index (χ3v) is 11.7. The largest absolute Gasteiger partial charge is 0.508 e. The van der Waals surface area contributed by atoms with Gasteiger partial charge in [0.05, 0.1) is 30.3 Å². The number of alkyl halides is 2. The van der Waals surface area contributed by atoms with Gasteiger partial charge in [0.25, 0.3) is 11.8 Å². The SMILES string of the molecule is COc1cc(O)ccc1[C@H]1C2=CC[C@@H]3C(=O)N(c4ccc(C)c(Cl)c4)C(=O)[C@@H]3[C@@H]2C[C@@]2(Cl)C(=O)N(c3ccc(F)cc3)C(=O)[C@@]12Cl. The average Bonchev–Trinajstić information content (AvgIpc) is 3.37. The van der Waals surface area contributed by atoms with E-state index in [0.717, 1.165) is 27.5 Å². The summed E-state index contributed by atoms with van der Waals surface area (Å²) in [6.07, 6.45) is 1.74. The summed E-state index contributed by atoms with van der Waals surface area (Å²) in [5, 5.41) is 10.7. The van der Waals surface area contributed by atoms with Crippen molar-refractivity contribution in [1.82, 2.24) is 0 Å². The first kappa shape index (κ1) is 30.7. The fraction of sp³-hybridized carbons (Fsp3) is 0.294. The van der Waals surface area contributed by atoms with Crippen molar-refractivity contribution in [2.75, 3.05) is 16.9 Å². The number of carbonyl (C=O) groups excluding carboxylic acids is 4. The standard InChI is InChI=1S/C34H26Cl3FN2O6/c1-16-3-6-19(13-25(16)35)39-29(42)23-12-11-21-24(27(23)30(39)43)15-33(36)31(44)40(18-7-4-17(38)5-8-18)32(45)34(33,37)28(21)22-10-9-20(41)14-26(22)46-2/h3-11,13-14,23-24,27-28,41H,12,15H2,1-2H3/t23-,24+,27-,28+,33+,34-/m0/s1. The Morgan fingerprint density at radius 1 is 0.891 bits per heavy atom. The lowest BCUT2D eigenvalue weighted by molar-refractivity contribution is -0.125. The van der Waals surface area contributed by atoms with Crippen LogP contribution in [0.15, 0.2) is 72.3 Å². The molecule has 6 atom stereocenters. The summed E-state index contributed by atoms with van der Waals surface area (Å²) >= 11 is 21.1. The monoisotopic (exact) mass is 682 g/mol. The number of phenolic OH excluding ortho intramolecular Hbond substituents is 1. The molecular formula is C34H26Cl3FN2O6. The number of rotatable bonds is 4. The molecule has 0 spiro atoms. The molecule has 1 saturated carbocycles. The first-order valence-electron chi connectivity index (χ1n) is 14.6. The van der Waals surface area contributed by atoms with Crippen LogP contribution in [0.25, 0.3) is 0 Å². The lowest BCUT2D eigenvalue weighted by Gasteiger charge is -2.50. The number of allylic oxidation sites excluding steroid dienone is 2. The van der Waals surface area contributed by atoms with Gasteiger partial charge in [-0.15, -0.1) is 23.2 Å². The summed E-state index contributed by atoms with van der Waals surface area (Å²) in [4.78, 5) is 54.7. The molecule has 4 amide bonds. The smallest absolute Gasteiger partial charge is 0.258 e. The molecule has 0 aromatic heterocycles. The molecule has 4 aliphatic rings. The predicted octanol–water partition coefficient (Wildman–Crippen LogP) is 6.27. The molecule has 236 valence electrons. The van der Waals surface area contributed by atoms with E-state index in [0.29, 0.717) is 21.8 Å². The van der Waals surface area contributed by atoms with Crippen molar-refractivity contribution in [3.63, 3.8) is 0 Å². The number of benzene rings is 3. The summed E-state index contributed by atoms with van der Waals surface area (Å²) in [6.45, 7) is 1.81. The molecule has 2 aliphatic heterocycles. The molecule has 3 aromatic carbocycles. The number of amides is 4. The van der Waals surface area contributed by atoms with Crippen LogP contribution in [0, 0.1) is 30.5 Å². The highest BCUT2D eigenvalue weighted by atomic mass is 35.5. The predicted molar refractivity (Wildman–Crippen MR) is 170 cm³/mol. The van der Waals surface area contributed by atoms with Gasteiger partial charge < -0.3 is 9.84 Å². The Labute approximate surface area is 278 Å². The molecule has 0 radical (unpaired) electrons. The number of nitrogens with zero attached hydrogens (tertiary/aromatic N) is 2. The van der Waals surface area contributed by atoms with Crippen LogP contribution < -0.4 is 14.5 Å². The van der Waals surface area contributed by atoms with Gasteiger partial charge in [0.1, 0.15) is 17.3 Å². The second-order valence-electron chi connectivity index (χ2n) is 12.1. The number of hydrogen-bond acceptors (Lipinski definition) is 6. The van der Waals surface area contributed by atoms with Crippen molar-refractivity contribution in [2.45, 2.75) is 35.4 Å².